The van der Waals surface area contributed by atoms with Gasteiger partial charge in [-0.2, -0.15) is 0 Å². The maximum atomic E-state index is 6.11. The van der Waals surface area contributed by atoms with Gasteiger partial charge in [-0.1, -0.05) is 67.0 Å². The van der Waals surface area contributed by atoms with Gasteiger partial charge in [-0.25, -0.2) is 0 Å². The minimum Gasteiger partial charge on any atom is -0.274 e. The summed E-state index contributed by atoms with van der Waals surface area (Å²) >= 11 is 13.7. The van der Waals surface area contributed by atoms with Crippen molar-refractivity contribution < 1.29 is 0 Å². The van der Waals surface area contributed by atoms with Gasteiger partial charge in [0.15, 0.2) is 5.16 Å². The summed E-state index contributed by atoms with van der Waals surface area (Å²) in [6.45, 7) is 6.35. The normalized spacial score (nSPS) is 11.3. The van der Waals surface area contributed by atoms with Crippen LogP contribution < -0.4 is 0 Å². The summed E-state index contributed by atoms with van der Waals surface area (Å²) in [5.41, 5.74) is 3.40. The number of nitrogens with zero attached hydrogens (tertiary/aromatic N) is 3. The van der Waals surface area contributed by atoms with Crippen molar-refractivity contribution in [1.29, 1.82) is 0 Å². The van der Waals surface area contributed by atoms with Crippen molar-refractivity contribution in [2.75, 3.05) is 0 Å². The van der Waals surface area contributed by atoms with Crippen molar-refractivity contribution in [2.24, 2.45) is 0 Å². The van der Waals surface area contributed by atoms with Crippen LogP contribution >= 0.6 is 35.0 Å². The van der Waals surface area contributed by atoms with Gasteiger partial charge in [-0.3, -0.25) is 4.57 Å². The number of thioether (sulfide) groups is 1. The SMILES string of the molecule is Cc1cccc(-n2c(SCc3ccc(Cl)c(Cl)c3)nnc2C(C)C)c1. The zero-order valence-corrected chi connectivity index (χ0v) is 16.7. The molecule has 0 aliphatic carbocycles. The molecule has 0 amide bonds. The van der Waals surface area contributed by atoms with Crippen LogP contribution in [0.15, 0.2) is 47.6 Å². The number of aryl methyl sites for hydroxylation is 1. The van der Waals surface area contributed by atoms with Gasteiger partial charge in [0.1, 0.15) is 5.82 Å². The van der Waals surface area contributed by atoms with Crippen LogP contribution in [0.5, 0.6) is 0 Å². The summed E-state index contributed by atoms with van der Waals surface area (Å²) in [5, 5.41) is 10.8. The molecule has 3 rings (SSSR count). The Morgan fingerprint density at radius 3 is 2.52 bits per heavy atom. The van der Waals surface area contributed by atoms with Crippen molar-refractivity contribution in [3.63, 3.8) is 0 Å². The van der Waals surface area contributed by atoms with E-state index in [9.17, 15) is 0 Å². The van der Waals surface area contributed by atoms with E-state index < -0.39 is 0 Å². The second kappa shape index (κ2) is 7.81. The zero-order valence-electron chi connectivity index (χ0n) is 14.3. The molecule has 0 bridgehead atoms. The highest BCUT2D eigenvalue weighted by Gasteiger charge is 2.17. The third-order valence-corrected chi connectivity index (χ3v) is 5.53. The standard InChI is InChI=1S/C19H19Cl2N3S/c1-12(2)18-22-23-19(24(18)15-6-4-5-13(3)9-15)25-11-14-7-8-16(20)17(21)10-14/h4-10,12H,11H2,1-3H3. The van der Waals surface area contributed by atoms with Gasteiger partial charge in [-0.05, 0) is 42.3 Å². The van der Waals surface area contributed by atoms with Crippen LogP contribution in [-0.2, 0) is 5.75 Å². The molecule has 130 valence electrons. The molecular weight excluding hydrogens is 373 g/mol. The number of halogens is 2. The van der Waals surface area contributed by atoms with Gasteiger partial charge >= 0.3 is 0 Å². The second-order valence-electron chi connectivity index (χ2n) is 6.21. The van der Waals surface area contributed by atoms with Crippen LogP contribution in [0.4, 0.5) is 0 Å². The van der Waals surface area contributed by atoms with Crippen LogP contribution in [0.3, 0.4) is 0 Å². The molecule has 0 radical (unpaired) electrons. The first kappa shape index (κ1) is 18.3. The van der Waals surface area contributed by atoms with Crippen molar-refractivity contribution in [3.05, 3.63) is 69.5 Å². The predicted molar refractivity (Wildman–Crippen MR) is 106 cm³/mol. The van der Waals surface area contributed by atoms with Crippen molar-refractivity contribution in [3.8, 4) is 5.69 Å². The average Bonchev–Trinajstić information content (AvgIpc) is 3.00. The van der Waals surface area contributed by atoms with Crippen molar-refractivity contribution in [2.45, 2.75) is 37.6 Å². The molecule has 1 heterocycles. The molecule has 0 aliphatic rings. The van der Waals surface area contributed by atoms with E-state index in [2.05, 4.69) is 59.8 Å². The van der Waals surface area contributed by atoms with Crippen LogP contribution in [0, 0.1) is 6.92 Å². The summed E-state index contributed by atoms with van der Waals surface area (Å²) in [5.74, 6) is 1.99. The van der Waals surface area contributed by atoms with Crippen LogP contribution in [-0.4, -0.2) is 14.8 Å². The first-order valence-corrected chi connectivity index (χ1v) is 9.79. The Hall–Kier alpha value is -1.49. The smallest absolute Gasteiger partial charge is 0.196 e. The second-order valence-corrected chi connectivity index (χ2v) is 7.96. The van der Waals surface area contributed by atoms with E-state index in [1.54, 1.807) is 11.8 Å². The lowest BCUT2D eigenvalue weighted by Crippen LogP contribution is -2.04. The minimum absolute atomic E-state index is 0.285. The number of benzene rings is 2. The van der Waals surface area contributed by atoms with E-state index in [0.29, 0.717) is 10.0 Å². The molecule has 0 saturated heterocycles. The summed E-state index contributed by atoms with van der Waals surface area (Å²) in [6.07, 6.45) is 0. The summed E-state index contributed by atoms with van der Waals surface area (Å²) in [4.78, 5) is 0. The number of hydrogen-bond acceptors (Lipinski definition) is 3. The van der Waals surface area contributed by atoms with E-state index >= 15 is 0 Å². The molecule has 1 aromatic heterocycles. The Balaban J connectivity index is 1.92. The third-order valence-electron chi connectivity index (χ3n) is 3.79. The highest BCUT2D eigenvalue weighted by molar-refractivity contribution is 7.98. The maximum Gasteiger partial charge on any atom is 0.196 e. The van der Waals surface area contributed by atoms with E-state index in [4.69, 9.17) is 23.2 Å². The Morgan fingerprint density at radius 2 is 1.84 bits per heavy atom. The lowest BCUT2D eigenvalue weighted by atomic mass is 10.2. The Kier molecular flexibility index (Phi) is 5.72. The highest BCUT2D eigenvalue weighted by Crippen LogP contribution is 2.30. The topological polar surface area (TPSA) is 30.7 Å². The molecule has 6 heteroatoms. The predicted octanol–water partition coefficient (Wildman–Crippen LogP) is 6.30. The molecule has 0 N–H and O–H groups in total. The lowest BCUT2D eigenvalue weighted by molar-refractivity contribution is 0.732. The quantitative estimate of drug-likeness (QED) is 0.478. The summed E-state index contributed by atoms with van der Waals surface area (Å²) < 4.78 is 2.14. The molecule has 3 nitrogen and oxygen atoms in total. The van der Waals surface area contributed by atoms with E-state index in [0.717, 1.165) is 28.0 Å². The number of hydrogen-bond donors (Lipinski definition) is 0. The minimum atomic E-state index is 0.285. The Bertz CT molecular complexity index is 890. The largest absolute Gasteiger partial charge is 0.274 e. The molecule has 0 aliphatic heterocycles. The van der Waals surface area contributed by atoms with Gasteiger partial charge in [0.05, 0.1) is 10.0 Å². The zero-order chi connectivity index (χ0) is 18.0. The molecule has 3 aromatic rings. The van der Waals surface area contributed by atoms with Crippen molar-refractivity contribution >= 4 is 35.0 Å². The molecule has 0 spiro atoms. The molecular formula is C19H19Cl2N3S. The summed E-state index contributed by atoms with van der Waals surface area (Å²) in [7, 11) is 0. The first-order chi connectivity index (χ1) is 12.0. The summed E-state index contributed by atoms with van der Waals surface area (Å²) in [6, 6.07) is 14.1. The maximum absolute atomic E-state index is 6.11. The van der Waals surface area contributed by atoms with E-state index in [1.807, 2.05) is 18.2 Å². The lowest BCUT2D eigenvalue weighted by Gasteiger charge is -2.12. The monoisotopic (exact) mass is 391 g/mol. The molecule has 0 saturated carbocycles. The molecule has 0 fully saturated rings. The average molecular weight is 392 g/mol. The fourth-order valence-corrected chi connectivity index (χ4v) is 3.76. The Labute approximate surface area is 162 Å². The van der Waals surface area contributed by atoms with Gasteiger partial charge in [0, 0.05) is 17.4 Å². The highest BCUT2D eigenvalue weighted by atomic mass is 35.5. The molecule has 0 atom stereocenters. The third kappa shape index (κ3) is 4.20. The van der Waals surface area contributed by atoms with Gasteiger partial charge in [0.25, 0.3) is 0 Å². The van der Waals surface area contributed by atoms with E-state index in [-0.39, 0.29) is 5.92 Å². The Morgan fingerprint density at radius 1 is 1.04 bits per heavy atom. The molecule has 25 heavy (non-hydrogen) atoms. The van der Waals surface area contributed by atoms with Crippen LogP contribution in [0.2, 0.25) is 10.0 Å². The van der Waals surface area contributed by atoms with E-state index in [1.165, 1.54) is 5.56 Å². The van der Waals surface area contributed by atoms with Crippen LogP contribution in [0.1, 0.15) is 36.7 Å². The van der Waals surface area contributed by atoms with Crippen molar-refractivity contribution in [1.82, 2.24) is 14.8 Å². The van der Waals surface area contributed by atoms with Crippen LogP contribution in [0.25, 0.3) is 5.69 Å². The molecule has 2 aromatic carbocycles. The number of aromatic nitrogens is 3. The van der Waals surface area contributed by atoms with Gasteiger partial charge in [-0.15, -0.1) is 10.2 Å². The fraction of sp³-hybridized carbons (Fsp3) is 0.263. The van der Waals surface area contributed by atoms with Gasteiger partial charge < -0.3 is 0 Å². The molecule has 0 unspecified atom stereocenters. The van der Waals surface area contributed by atoms with Gasteiger partial charge in [0.2, 0.25) is 0 Å². The fourth-order valence-electron chi connectivity index (χ4n) is 2.54. The number of rotatable bonds is 5. The first-order valence-electron chi connectivity index (χ1n) is 8.05.